The van der Waals surface area contributed by atoms with Crippen LogP contribution in [-0.4, -0.2) is 34.7 Å². The maximum atomic E-state index is 14.1. The van der Waals surface area contributed by atoms with E-state index in [2.05, 4.69) is 68.8 Å². The number of nitrogens with one attached hydrogen (secondary N) is 3. The van der Waals surface area contributed by atoms with Crippen molar-refractivity contribution in [2.45, 2.75) is 72.1 Å². The molecule has 44 heavy (non-hydrogen) atoms. The minimum atomic E-state index is -0.378. The van der Waals surface area contributed by atoms with E-state index in [0.717, 1.165) is 65.1 Å². The summed E-state index contributed by atoms with van der Waals surface area (Å²) in [6.45, 7) is 14.2. The Labute approximate surface area is 261 Å². The van der Waals surface area contributed by atoms with E-state index >= 15 is 0 Å². The Bertz CT molecular complexity index is 1600. The first-order valence-electron chi connectivity index (χ1n) is 15.6. The van der Waals surface area contributed by atoms with Gasteiger partial charge in [0.2, 0.25) is 0 Å². The van der Waals surface area contributed by atoms with E-state index in [1.165, 1.54) is 0 Å². The number of ketones is 1. The maximum absolute atomic E-state index is 14.1. The summed E-state index contributed by atoms with van der Waals surface area (Å²) in [5.41, 5.74) is 7.56. The molecule has 4 aromatic rings. The molecule has 1 aromatic heterocycles. The fraction of sp³-hybridized carbons (Fsp3) is 0.378. The fourth-order valence-corrected chi connectivity index (χ4v) is 6.22. The van der Waals surface area contributed by atoms with E-state index in [4.69, 9.17) is 5.10 Å². The number of carbonyl (C=O) groups excluding carboxylic acids is 2. The number of urea groups is 1. The van der Waals surface area contributed by atoms with E-state index in [-0.39, 0.29) is 29.1 Å². The summed E-state index contributed by atoms with van der Waals surface area (Å²) in [5.74, 6) is 0.636. The largest absolute Gasteiger partial charge is 0.324 e. The molecule has 3 aromatic carbocycles. The van der Waals surface area contributed by atoms with E-state index in [9.17, 15) is 9.59 Å². The Morgan fingerprint density at radius 2 is 1.55 bits per heavy atom. The number of rotatable bonds is 8. The molecular weight excluding hydrogens is 546 g/mol. The minimum Gasteiger partial charge on any atom is -0.317 e. The molecule has 230 valence electrons. The van der Waals surface area contributed by atoms with Gasteiger partial charge in [-0.2, -0.15) is 5.10 Å². The number of hydrogen-bond acceptors (Lipinski definition) is 4. The van der Waals surface area contributed by atoms with Gasteiger partial charge in [-0.25, -0.2) is 9.48 Å². The molecule has 7 nitrogen and oxygen atoms in total. The average Bonchev–Trinajstić information content (AvgIpc) is 3.39. The van der Waals surface area contributed by atoms with Crippen LogP contribution in [0.25, 0.3) is 5.69 Å². The quantitative estimate of drug-likeness (QED) is 0.197. The highest BCUT2D eigenvalue weighted by molar-refractivity contribution is 6.01. The van der Waals surface area contributed by atoms with Gasteiger partial charge in [0, 0.05) is 29.5 Å². The summed E-state index contributed by atoms with van der Waals surface area (Å²) >= 11 is 0. The third kappa shape index (κ3) is 7.45. The standard InChI is InChI=1S/C37H45N5O2/c1-24-11-13-29(14-12-24)42-34(23-33(41-42)37(4,5)6)40-36(44)39-31-10-8-7-9-30(31)35(28-15-17-38-18-16-28)32(43)22-27-20-25(2)19-26(3)21-27/h7-14,19-21,23,28,35,38H,15-18,22H2,1-6H3,(H2,39,40,44). The molecule has 2 heterocycles. The van der Waals surface area contributed by atoms with Gasteiger partial charge in [0.05, 0.1) is 11.4 Å². The van der Waals surface area contributed by atoms with Gasteiger partial charge >= 0.3 is 6.03 Å². The van der Waals surface area contributed by atoms with Crippen molar-refractivity contribution in [1.29, 1.82) is 0 Å². The molecule has 2 amide bonds. The Morgan fingerprint density at radius 1 is 0.886 bits per heavy atom. The second-order valence-corrected chi connectivity index (χ2v) is 13.3. The number of carbonyl (C=O) groups is 2. The first-order chi connectivity index (χ1) is 21.0. The van der Waals surface area contributed by atoms with Crippen molar-refractivity contribution in [3.8, 4) is 5.69 Å². The molecular formula is C37H45N5O2. The Morgan fingerprint density at radius 3 is 2.20 bits per heavy atom. The van der Waals surface area contributed by atoms with Crippen LogP contribution in [0.4, 0.5) is 16.3 Å². The Balaban J connectivity index is 1.44. The number of piperidine rings is 1. The minimum absolute atomic E-state index is 0.184. The first-order valence-corrected chi connectivity index (χ1v) is 15.6. The van der Waals surface area contributed by atoms with Gasteiger partial charge < -0.3 is 10.6 Å². The molecule has 1 saturated heterocycles. The predicted molar refractivity (Wildman–Crippen MR) is 179 cm³/mol. The summed E-state index contributed by atoms with van der Waals surface area (Å²) in [6.07, 6.45) is 2.19. The van der Waals surface area contributed by atoms with E-state index in [1.807, 2.05) is 61.5 Å². The number of hydrogen-bond donors (Lipinski definition) is 3. The molecule has 0 aliphatic carbocycles. The molecule has 1 unspecified atom stereocenters. The third-order valence-electron chi connectivity index (χ3n) is 8.40. The zero-order valence-electron chi connectivity index (χ0n) is 26.8. The van der Waals surface area contributed by atoms with Crippen LogP contribution >= 0.6 is 0 Å². The average molecular weight is 592 g/mol. The Kier molecular flexibility index (Phi) is 9.35. The van der Waals surface area contributed by atoms with Gasteiger partial charge in [-0.05, 0) is 81.9 Å². The van der Waals surface area contributed by atoms with Crippen molar-refractivity contribution in [3.63, 3.8) is 0 Å². The lowest BCUT2D eigenvalue weighted by Crippen LogP contribution is -2.34. The monoisotopic (exact) mass is 591 g/mol. The number of aromatic nitrogens is 2. The topological polar surface area (TPSA) is 88.1 Å². The SMILES string of the molecule is Cc1ccc(-n2nc(C(C)(C)C)cc2NC(=O)Nc2ccccc2C(C(=O)Cc2cc(C)cc(C)c2)C2CCNCC2)cc1. The predicted octanol–water partition coefficient (Wildman–Crippen LogP) is 7.63. The lowest BCUT2D eigenvalue weighted by Gasteiger charge is -2.31. The van der Waals surface area contributed by atoms with Crippen LogP contribution in [0.15, 0.2) is 72.8 Å². The molecule has 1 atom stereocenters. The molecule has 0 spiro atoms. The summed E-state index contributed by atoms with van der Waals surface area (Å²) < 4.78 is 1.77. The lowest BCUT2D eigenvalue weighted by atomic mass is 9.76. The first kappa shape index (κ1) is 31.2. The van der Waals surface area contributed by atoms with E-state index in [0.29, 0.717) is 17.9 Å². The molecule has 7 heteroatoms. The lowest BCUT2D eigenvalue weighted by molar-refractivity contribution is -0.121. The van der Waals surface area contributed by atoms with Crippen LogP contribution < -0.4 is 16.0 Å². The van der Waals surface area contributed by atoms with Gasteiger partial charge in [-0.15, -0.1) is 0 Å². The zero-order chi connectivity index (χ0) is 31.4. The van der Waals surface area contributed by atoms with Gasteiger partial charge in [0.1, 0.15) is 11.6 Å². The number of amides is 2. The number of benzene rings is 3. The number of aryl methyl sites for hydroxylation is 3. The number of para-hydroxylation sites is 1. The Hall–Kier alpha value is -4.23. The van der Waals surface area contributed by atoms with Crippen molar-refractivity contribution >= 4 is 23.3 Å². The highest BCUT2D eigenvalue weighted by Gasteiger charge is 2.33. The smallest absolute Gasteiger partial charge is 0.317 e. The highest BCUT2D eigenvalue weighted by atomic mass is 16.2. The zero-order valence-corrected chi connectivity index (χ0v) is 26.8. The number of nitrogens with zero attached hydrogens (tertiary/aromatic N) is 2. The summed E-state index contributed by atoms with van der Waals surface area (Å²) in [5, 5.41) is 14.4. The van der Waals surface area contributed by atoms with Gasteiger partial charge in [0.25, 0.3) is 0 Å². The van der Waals surface area contributed by atoms with Crippen LogP contribution in [0.5, 0.6) is 0 Å². The van der Waals surface area contributed by atoms with E-state index < -0.39 is 0 Å². The van der Waals surface area contributed by atoms with Gasteiger partial charge in [-0.3, -0.25) is 10.1 Å². The molecule has 5 rings (SSSR count). The molecule has 1 fully saturated rings. The van der Waals surface area contributed by atoms with Crippen LogP contribution in [0.3, 0.4) is 0 Å². The van der Waals surface area contributed by atoms with Crippen molar-refractivity contribution in [1.82, 2.24) is 15.1 Å². The van der Waals surface area contributed by atoms with Crippen LogP contribution in [-0.2, 0) is 16.6 Å². The van der Waals surface area contributed by atoms with Crippen molar-refractivity contribution in [3.05, 3.63) is 106 Å². The third-order valence-corrected chi connectivity index (χ3v) is 8.40. The molecule has 3 N–H and O–H groups in total. The summed E-state index contributed by atoms with van der Waals surface area (Å²) in [7, 11) is 0. The highest BCUT2D eigenvalue weighted by Crippen LogP contribution is 2.37. The summed E-state index contributed by atoms with van der Waals surface area (Å²) in [4.78, 5) is 27.7. The number of anilines is 2. The molecule has 1 aliphatic heterocycles. The fourth-order valence-electron chi connectivity index (χ4n) is 6.22. The molecule has 1 aliphatic rings. The van der Waals surface area contributed by atoms with Crippen molar-refractivity contribution in [2.24, 2.45) is 5.92 Å². The van der Waals surface area contributed by atoms with Crippen molar-refractivity contribution in [2.75, 3.05) is 23.7 Å². The van der Waals surface area contributed by atoms with Gasteiger partial charge in [-0.1, -0.05) is 86.0 Å². The molecule has 0 radical (unpaired) electrons. The molecule has 0 bridgehead atoms. The van der Waals surface area contributed by atoms with Crippen LogP contribution in [0.2, 0.25) is 0 Å². The van der Waals surface area contributed by atoms with E-state index in [1.54, 1.807) is 4.68 Å². The van der Waals surface area contributed by atoms with Crippen LogP contribution in [0, 0.1) is 26.7 Å². The van der Waals surface area contributed by atoms with Gasteiger partial charge in [0.15, 0.2) is 0 Å². The normalized spacial score (nSPS) is 14.7. The van der Waals surface area contributed by atoms with Crippen LogP contribution in [0.1, 0.15) is 73.0 Å². The maximum Gasteiger partial charge on any atom is 0.324 e. The number of Topliss-reactive ketones (excluding diaryl/α,β-unsaturated/α-hetero) is 1. The second-order valence-electron chi connectivity index (χ2n) is 13.3. The second kappa shape index (κ2) is 13.2. The summed E-state index contributed by atoms with van der Waals surface area (Å²) in [6, 6.07) is 23.7. The molecule has 0 saturated carbocycles. The van der Waals surface area contributed by atoms with Crippen molar-refractivity contribution < 1.29 is 9.59 Å².